The number of rotatable bonds is 5. The molecular weight excluding hydrogens is 220 g/mol. The van der Waals surface area contributed by atoms with Gasteiger partial charge in [-0.15, -0.1) is 0 Å². The molecule has 0 radical (unpaired) electrons. The molecule has 0 spiro atoms. The molecule has 4 nitrogen and oxygen atoms in total. The van der Waals surface area contributed by atoms with Crippen LogP contribution in [-0.4, -0.2) is 28.4 Å². The van der Waals surface area contributed by atoms with Gasteiger partial charge in [0.1, 0.15) is 5.75 Å². The molecule has 4 heteroatoms. The molecule has 0 amide bonds. The fraction of sp³-hybridized carbons (Fsp3) is 0.462. The standard InChI is InChI=1S/C13H18O4/c1-4-17-11-8-6-5-7-10(11)9(2)13(3,16)12(14)15/h5-9,16H,4H2,1-3H3,(H,14,15). The van der Waals surface area contributed by atoms with Gasteiger partial charge in [-0.3, -0.25) is 0 Å². The molecule has 0 saturated heterocycles. The lowest BCUT2D eigenvalue weighted by molar-refractivity contribution is -0.158. The lowest BCUT2D eigenvalue weighted by atomic mass is 9.84. The quantitative estimate of drug-likeness (QED) is 0.823. The Balaban J connectivity index is 3.11. The molecule has 94 valence electrons. The molecule has 0 aliphatic rings. The van der Waals surface area contributed by atoms with Crippen molar-refractivity contribution in [2.24, 2.45) is 0 Å². The Morgan fingerprint density at radius 2 is 2.06 bits per heavy atom. The van der Waals surface area contributed by atoms with Gasteiger partial charge in [0.15, 0.2) is 5.60 Å². The first-order valence-electron chi connectivity index (χ1n) is 5.58. The Morgan fingerprint density at radius 3 is 2.59 bits per heavy atom. The number of carbonyl (C=O) groups is 1. The number of hydrogen-bond donors (Lipinski definition) is 2. The van der Waals surface area contributed by atoms with E-state index in [1.165, 1.54) is 6.92 Å². The summed E-state index contributed by atoms with van der Waals surface area (Å²) in [5.74, 6) is -1.18. The van der Waals surface area contributed by atoms with E-state index in [1.807, 2.05) is 13.0 Å². The van der Waals surface area contributed by atoms with E-state index in [1.54, 1.807) is 25.1 Å². The van der Waals surface area contributed by atoms with E-state index in [4.69, 9.17) is 9.84 Å². The van der Waals surface area contributed by atoms with Crippen LogP contribution in [0.5, 0.6) is 5.75 Å². The summed E-state index contributed by atoms with van der Waals surface area (Å²) in [6.07, 6.45) is 0. The van der Waals surface area contributed by atoms with Crippen LogP contribution in [0, 0.1) is 0 Å². The Bertz CT molecular complexity index is 398. The number of aliphatic hydroxyl groups is 1. The molecule has 0 saturated carbocycles. The molecule has 1 rings (SSSR count). The zero-order valence-electron chi connectivity index (χ0n) is 10.3. The van der Waals surface area contributed by atoms with Gasteiger partial charge in [-0.2, -0.15) is 0 Å². The summed E-state index contributed by atoms with van der Waals surface area (Å²) < 4.78 is 5.43. The second-order valence-electron chi connectivity index (χ2n) is 4.15. The van der Waals surface area contributed by atoms with Gasteiger partial charge in [-0.25, -0.2) is 4.79 Å². The van der Waals surface area contributed by atoms with Crippen molar-refractivity contribution in [2.75, 3.05) is 6.61 Å². The molecule has 0 aliphatic carbocycles. The van der Waals surface area contributed by atoms with Crippen LogP contribution < -0.4 is 4.74 Å². The highest BCUT2D eigenvalue weighted by Gasteiger charge is 2.38. The van der Waals surface area contributed by atoms with E-state index >= 15 is 0 Å². The molecule has 1 aromatic carbocycles. The first kappa shape index (κ1) is 13.5. The molecular formula is C13H18O4. The summed E-state index contributed by atoms with van der Waals surface area (Å²) in [5, 5.41) is 19.0. The topological polar surface area (TPSA) is 66.8 Å². The molecule has 0 aliphatic heterocycles. The van der Waals surface area contributed by atoms with Gasteiger partial charge in [0, 0.05) is 11.5 Å². The van der Waals surface area contributed by atoms with Crippen molar-refractivity contribution in [1.29, 1.82) is 0 Å². The maximum atomic E-state index is 11.0. The second kappa shape index (κ2) is 5.19. The predicted octanol–water partition coefficient (Wildman–Crippen LogP) is 2.02. The lowest BCUT2D eigenvalue weighted by Crippen LogP contribution is -2.40. The molecule has 2 atom stereocenters. The summed E-state index contributed by atoms with van der Waals surface area (Å²) in [6, 6.07) is 7.16. The van der Waals surface area contributed by atoms with E-state index in [2.05, 4.69) is 0 Å². The van der Waals surface area contributed by atoms with Crippen LogP contribution in [0.15, 0.2) is 24.3 Å². The third-order valence-electron chi connectivity index (χ3n) is 2.96. The van der Waals surface area contributed by atoms with Crippen LogP contribution in [0.1, 0.15) is 32.3 Å². The monoisotopic (exact) mass is 238 g/mol. The van der Waals surface area contributed by atoms with Crippen LogP contribution in [-0.2, 0) is 4.79 Å². The number of hydrogen-bond acceptors (Lipinski definition) is 3. The maximum Gasteiger partial charge on any atom is 0.336 e. The van der Waals surface area contributed by atoms with Crippen molar-refractivity contribution in [1.82, 2.24) is 0 Å². The number of aliphatic carboxylic acids is 1. The highest BCUT2D eigenvalue weighted by molar-refractivity contribution is 5.78. The fourth-order valence-corrected chi connectivity index (χ4v) is 1.61. The SMILES string of the molecule is CCOc1ccccc1C(C)C(C)(O)C(=O)O. The van der Waals surface area contributed by atoms with Crippen LogP contribution in [0.25, 0.3) is 0 Å². The number of carboxylic acids is 1. The average Bonchev–Trinajstić information content (AvgIpc) is 2.29. The van der Waals surface area contributed by atoms with Crippen LogP contribution >= 0.6 is 0 Å². The van der Waals surface area contributed by atoms with E-state index in [-0.39, 0.29) is 0 Å². The highest BCUT2D eigenvalue weighted by Crippen LogP contribution is 2.34. The van der Waals surface area contributed by atoms with E-state index in [9.17, 15) is 9.90 Å². The Morgan fingerprint density at radius 1 is 1.47 bits per heavy atom. The summed E-state index contributed by atoms with van der Waals surface area (Å²) in [7, 11) is 0. The minimum Gasteiger partial charge on any atom is -0.494 e. The van der Waals surface area contributed by atoms with Gasteiger partial charge in [0.2, 0.25) is 0 Å². The highest BCUT2D eigenvalue weighted by atomic mass is 16.5. The van der Waals surface area contributed by atoms with Crippen molar-refractivity contribution >= 4 is 5.97 Å². The minimum absolute atomic E-state index is 0.499. The number of benzene rings is 1. The summed E-state index contributed by atoms with van der Waals surface area (Å²) in [5.41, 5.74) is -1.12. The second-order valence-corrected chi connectivity index (χ2v) is 4.15. The summed E-state index contributed by atoms with van der Waals surface area (Å²) >= 11 is 0. The van der Waals surface area contributed by atoms with E-state index in [0.29, 0.717) is 17.9 Å². The van der Waals surface area contributed by atoms with Gasteiger partial charge in [-0.1, -0.05) is 25.1 Å². The van der Waals surface area contributed by atoms with Gasteiger partial charge >= 0.3 is 5.97 Å². The van der Waals surface area contributed by atoms with Gasteiger partial charge in [0.05, 0.1) is 6.61 Å². The van der Waals surface area contributed by atoms with Crippen molar-refractivity contribution in [3.63, 3.8) is 0 Å². The molecule has 17 heavy (non-hydrogen) atoms. The predicted molar refractivity (Wildman–Crippen MR) is 64.3 cm³/mol. The van der Waals surface area contributed by atoms with Crippen molar-refractivity contribution in [3.8, 4) is 5.75 Å². The lowest BCUT2D eigenvalue weighted by Gasteiger charge is -2.27. The van der Waals surface area contributed by atoms with Gasteiger partial charge < -0.3 is 14.9 Å². The van der Waals surface area contributed by atoms with Crippen molar-refractivity contribution in [2.45, 2.75) is 32.3 Å². The van der Waals surface area contributed by atoms with Gasteiger partial charge in [0.25, 0.3) is 0 Å². The summed E-state index contributed by atoms with van der Waals surface area (Å²) in [6.45, 7) is 5.32. The third-order valence-corrected chi connectivity index (χ3v) is 2.96. The molecule has 0 aromatic heterocycles. The Kier molecular flexibility index (Phi) is 4.12. The van der Waals surface area contributed by atoms with Crippen LogP contribution in [0.2, 0.25) is 0 Å². The van der Waals surface area contributed by atoms with Crippen LogP contribution in [0.3, 0.4) is 0 Å². The van der Waals surface area contributed by atoms with Crippen molar-refractivity contribution in [3.05, 3.63) is 29.8 Å². The number of para-hydroxylation sites is 1. The average molecular weight is 238 g/mol. The first-order chi connectivity index (χ1) is 7.91. The molecule has 2 N–H and O–H groups in total. The van der Waals surface area contributed by atoms with E-state index in [0.717, 1.165) is 0 Å². The summed E-state index contributed by atoms with van der Waals surface area (Å²) in [4.78, 5) is 11.0. The van der Waals surface area contributed by atoms with Crippen molar-refractivity contribution < 1.29 is 19.7 Å². The molecule has 0 bridgehead atoms. The smallest absolute Gasteiger partial charge is 0.336 e. The Hall–Kier alpha value is -1.55. The zero-order valence-corrected chi connectivity index (χ0v) is 10.3. The third kappa shape index (κ3) is 2.77. The number of carboxylic acid groups (broad SMARTS) is 1. The molecule has 1 aromatic rings. The molecule has 0 heterocycles. The van der Waals surface area contributed by atoms with E-state index < -0.39 is 17.5 Å². The first-order valence-corrected chi connectivity index (χ1v) is 5.58. The van der Waals surface area contributed by atoms with Gasteiger partial charge in [-0.05, 0) is 19.9 Å². The Labute approximate surface area is 101 Å². The normalized spacial score (nSPS) is 16.0. The van der Waals surface area contributed by atoms with Crippen LogP contribution in [0.4, 0.5) is 0 Å². The fourth-order valence-electron chi connectivity index (χ4n) is 1.61. The largest absolute Gasteiger partial charge is 0.494 e. The molecule has 0 fully saturated rings. The maximum absolute atomic E-state index is 11.0. The number of ether oxygens (including phenoxy) is 1. The zero-order chi connectivity index (χ0) is 13.1. The minimum atomic E-state index is -1.81. The molecule has 2 unspecified atom stereocenters.